The number of nitrogens with one attached hydrogen (secondary N) is 1. The van der Waals surface area contributed by atoms with Crippen LogP contribution >= 0.6 is 23.2 Å². The first-order valence-electron chi connectivity index (χ1n) is 10.8. The van der Waals surface area contributed by atoms with E-state index in [0.29, 0.717) is 33.5 Å². The Balaban J connectivity index is 1.59. The fourth-order valence-electron chi connectivity index (χ4n) is 6.46. The highest BCUT2D eigenvalue weighted by Gasteiger charge is 2.74. The van der Waals surface area contributed by atoms with Gasteiger partial charge in [-0.3, -0.25) is 19.3 Å². The van der Waals surface area contributed by atoms with Crippen LogP contribution in [0.3, 0.4) is 0 Å². The van der Waals surface area contributed by atoms with Crippen LogP contribution in [0.15, 0.2) is 30.3 Å². The van der Waals surface area contributed by atoms with Gasteiger partial charge in [0.25, 0.3) is 5.91 Å². The lowest BCUT2D eigenvalue weighted by Gasteiger charge is -2.37. The van der Waals surface area contributed by atoms with Crippen molar-refractivity contribution in [3.05, 3.63) is 57.1 Å². The maximum absolute atomic E-state index is 14.0. The molecule has 0 saturated carbocycles. The third-order valence-electron chi connectivity index (χ3n) is 7.61. The molecular formula is C24H21Cl2N3O3. The van der Waals surface area contributed by atoms with E-state index in [2.05, 4.69) is 10.2 Å². The zero-order valence-electron chi connectivity index (χ0n) is 17.6. The van der Waals surface area contributed by atoms with Gasteiger partial charge in [0.2, 0.25) is 11.8 Å². The van der Waals surface area contributed by atoms with Crippen molar-refractivity contribution in [3.63, 3.8) is 0 Å². The molecular weight excluding hydrogens is 449 g/mol. The number of nitrogens with zero attached hydrogens (tertiary/aromatic N) is 2. The van der Waals surface area contributed by atoms with Gasteiger partial charge in [0.1, 0.15) is 5.54 Å². The van der Waals surface area contributed by atoms with Gasteiger partial charge in [-0.05, 0) is 62.6 Å². The molecule has 3 saturated heterocycles. The van der Waals surface area contributed by atoms with Gasteiger partial charge in [0.15, 0.2) is 0 Å². The Labute approximate surface area is 195 Å². The number of fused-ring (bicyclic) bond motifs is 7. The van der Waals surface area contributed by atoms with Crippen molar-refractivity contribution in [2.45, 2.75) is 38.3 Å². The summed E-state index contributed by atoms with van der Waals surface area (Å²) in [6, 6.07) is 8.75. The van der Waals surface area contributed by atoms with Crippen LogP contribution in [0.25, 0.3) is 0 Å². The third kappa shape index (κ3) is 2.28. The molecule has 3 fully saturated rings. The van der Waals surface area contributed by atoms with Crippen molar-refractivity contribution in [2.24, 2.45) is 11.8 Å². The average Bonchev–Trinajstić information content (AvgIpc) is 3.43. The number of aryl methyl sites for hydroxylation is 2. The van der Waals surface area contributed by atoms with Crippen molar-refractivity contribution in [2.75, 3.05) is 16.8 Å². The maximum atomic E-state index is 14.0. The highest BCUT2D eigenvalue weighted by Crippen LogP contribution is 2.61. The molecule has 2 aromatic rings. The molecule has 4 atom stereocenters. The molecule has 2 aromatic carbocycles. The summed E-state index contributed by atoms with van der Waals surface area (Å²) < 4.78 is 0. The van der Waals surface area contributed by atoms with Crippen molar-refractivity contribution >= 4 is 52.3 Å². The summed E-state index contributed by atoms with van der Waals surface area (Å²) in [6.07, 6.45) is 1.64. The maximum Gasteiger partial charge on any atom is 0.250 e. The van der Waals surface area contributed by atoms with E-state index in [4.69, 9.17) is 23.2 Å². The molecule has 4 aliphatic rings. The number of amides is 3. The number of halogens is 2. The summed E-state index contributed by atoms with van der Waals surface area (Å²) in [6.45, 7) is 4.42. The average molecular weight is 470 g/mol. The van der Waals surface area contributed by atoms with Crippen molar-refractivity contribution < 1.29 is 14.4 Å². The SMILES string of the molecule is Cc1cc(Cl)c2c(c1)[C@]1(C(=O)N2)[C@@H]2C(=O)N(c3cc(Cl)ccc3C)C(=O)[C@@H]2[C@@H]2CCCN21. The fraction of sp³-hybridized carbons (Fsp3) is 0.375. The second kappa shape index (κ2) is 6.56. The topological polar surface area (TPSA) is 69.7 Å². The molecule has 4 heterocycles. The van der Waals surface area contributed by atoms with Gasteiger partial charge in [-0.25, -0.2) is 4.90 Å². The molecule has 8 heteroatoms. The first-order valence-corrected chi connectivity index (χ1v) is 11.5. The number of hydrogen-bond acceptors (Lipinski definition) is 4. The van der Waals surface area contributed by atoms with Gasteiger partial charge >= 0.3 is 0 Å². The van der Waals surface area contributed by atoms with Crippen LogP contribution in [0.1, 0.15) is 29.5 Å². The zero-order valence-corrected chi connectivity index (χ0v) is 19.1. The summed E-state index contributed by atoms with van der Waals surface area (Å²) in [5.41, 5.74) is 2.20. The standard InChI is InChI=1S/C24H21Cl2N3O3/c1-11-8-14-20(15(26)9-11)27-23(32)24(14)19-18(16-4-3-7-28(16)24)21(30)29(22(19)31)17-10-13(25)6-5-12(17)2/h5-6,8-10,16,18-19H,3-4,7H2,1-2H3,(H,27,32)/t16-,18+,19-,24+/m0/s1. The molecule has 0 radical (unpaired) electrons. The summed E-state index contributed by atoms with van der Waals surface area (Å²) in [7, 11) is 0. The van der Waals surface area contributed by atoms with Gasteiger partial charge < -0.3 is 5.32 Å². The Hall–Kier alpha value is -2.41. The number of benzene rings is 2. The van der Waals surface area contributed by atoms with Crippen LogP contribution in [-0.2, 0) is 19.9 Å². The molecule has 0 aromatic heterocycles. The Morgan fingerprint density at radius 3 is 2.62 bits per heavy atom. The molecule has 0 unspecified atom stereocenters. The van der Waals surface area contributed by atoms with Crippen LogP contribution in [0.2, 0.25) is 10.0 Å². The van der Waals surface area contributed by atoms with Gasteiger partial charge in [0.05, 0.1) is 28.2 Å². The van der Waals surface area contributed by atoms with E-state index in [1.807, 2.05) is 19.9 Å². The van der Waals surface area contributed by atoms with Crippen molar-refractivity contribution in [3.8, 4) is 0 Å². The lowest BCUT2D eigenvalue weighted by Crippen LogP contribution is -2.54. The monoisotopic (exact) mass is 469 g/mol. The summed E-state index contributed by atoms with van der Waals surface area (Å²) in [5.74, 6) is -2.26. The molecule has 6 rings (SSSR count). The van der Waals surface area contributed by atoms with Crippen LogP contribution in [-0.4, -0.2) is 35.2 Å². The van der Waals surface area contributed by atoms with E-state index < -0.39 is 17.4 Å². The molecule has 164 valence electrons. The molecule has 4 aliphatic heterocycles. The van der Waals surface area contributed by atoms with E-state index in [0.717, 1.165) is 24.0 Å². The lowest BCUT2D eigenvalue weighted by atomic mass is 9.75. The van der Waals surface area contributed by atoms with Gasteiger partial charge in [-0.15, -0.1) is 0 Å². The van der Waals surface area contributed by atoms with Crippen LogP contribution in [0.4, 0.5) is 11.4 Å². The molecule has 1 spiro atoms. The molecule has 3 amide bonds. The molecule has 1 N–H and O–H groups in total. The third-order valence-corrected chi connectivity index (χ3v) is 8.14. The van der Waals surface area contributed by atoms with Crippen molar-refractivity contribution in [1.29, 1.82) is 0 Å². The first kappa shape index (κ1) is 20.2. The Kier molecular flexibility index (Phi) is 4.15. The van der Waals surface area contributed by atoms with E-state index in [9.17, 15) is 14.4 Å². The normalized spacial score (nSPS) is 30.8. The number of anilines is 2. The second-order valence-corrected chi connectivity index (χ2v) is 10.1. The fourth-order valence-corrected chi connectivity index (χ4v) is 6.94. The number of imide groups is 1. The van der Waals surface area contributed by atoms with Gasteiger partial charge in [-0.2, -0.15) is 0 Å². The summed E-state index contributed by atoms with van der Waals surface area (Å²) >= 11 is 12.7. The molecule has 32 heavy (non-hydrogen) atoms. The second-order valence-electron chi connectivity index (χ2n) is 9.24. The molecule has 6 nitrogen and oxygen atoms in total. The quantitative estimate of drug-likeness (QED) is 0.639. The minimum Gasteiger partial charge on any atom is -0.323 e. The summed E-state index contributed by atoms with van der Waals surface area (Å²) in [4.78, 5) is 44.8. The minimum atomic E-state index is -1.23. The van der Waals surface area contributed by atoms with Crippen LogP contribution in [0.5, 0.6) is 0 Å². The zero-order chi connectivity index (χ0) is 22.5. The molecule has 0 aliphatic carbocycles. The van der Waals surface area contributed by atoms with Gasteiger partial charge in [-0.1, -0.05) is 35.3 Å². The minimum absolute atomic E-state index is 0.170. The van der Waals surface area contributed by atoms with E-state index in [1.165, 1.54) is 4.90 Å². The lowest BCUT2D eigenvalue weighted by molar-refractivity contribution is -0.135. The van der Waals surface area contributed by atoms with E-state index in [1.54, 1.807) is 24.3 Å². The number of carbonyl (C=O) groups excluding carboxylic acids is 3. The number of carbonyl (C=O) groups is 3. The van der Waals surface area contributed by atoms with Crippen molar-refractivity contribution in [1.82, 2.24) is 4.90 Å². The predicted molar refractivity (Wildman–Crippen MR) is 122 cm³/mol. The van der Waals surface area contributed by atoms with Crippen LogP contribution < -0.4 is 10.2 Å². The van der Waals surface area contributed by atoms with Gasteiger partial charge in [0, 0.05) is 16.6 Å². The van der Waals surface area contributed by atoms with E-state index >= 15 is 0 Å². The Bertz CT molecular complexity index is 1250. The molecule has 0 bridgehead atoms. The Morgan fingerprint density at radius 1 is 1.06 bits per heavy atom. The predicted octanol–water partition coefficient (Wildman–Crippen LogP) is 4.04. The first-order chi connectivity index (χ1) is 15.3. The number of rotatable bonds is 1. The van der Waals surface area contributed by atoms with E-state index in [-0.39, 0.29) is 23.8 Å². The van der Waals surface area contributed by atoms with Crippen LogP contribution in [0, 0.1) is 25.7 Å². The summed E-state index contributed by atoms with van der Waals surface area (Å²) in [5, 5.41) is 3.84. The number of hydrogen-bond donors (Lipinski definition) is 1. The largest absolute Gasteiger partial charge is 0.323 e. The smallest absolute Gasteiger partial charge is 0.250 e. The highest BCUT2D eigenvalue weighted by atomic mass is 35.5. The highest BCUT2D eigenvalue weighted by molar-refractivity contribution is 6.35. The Morgan fingerprint density at radius 2 is 1.84 bits per heavy atom.